The summed E-state index contributed by atoms with van der Waals surface area (Å²) in [7, 11) is 2.05. The van der Waals surface area contributed by atoms with Crippen LogP contribution in [0.1, 0.15) is 76.2 Å². The molecular weight excluding hydrogens is 348 g/mol. The molecular formula is C22H40N6. The van der Waals surface area contributed by atoms with E-state index in [4.69, 9.17) is 4.99 Å². The number of nitrogens with zero attached hydrogens (tertiary/aromatic N) is 4. The number of rotatable bonds is 7. The minimum atomic E-state index is 0.528. The van der Waals surface area contributed by atoms with Gasteiger partial charge in [0.25, 0.3) is 0 Å². The summed E-state index contributed by atoms with van der Waals surface area (Å²) in [6.07, 6.45) is 10.1. The van der Waals surface area contributed by atoms with Gasteiger partial charge in [-0.25, -0.2) is 4.99 Å². The number of aromatic nitrogens is 2. The van der Waals surface area contributed by atoms with Crippen molar-refractivity contribution in [3.8, 4) is 0 Å². The molecule has 0 radical (unpaired) electrons. The third kappa shape index (κ3) is 5.07. The number of nitrogens with one attached hydrogen (secondary N) is 2. The second-order valence-electron chi connectivity index (χ2n) is 8.29. The first-order valence-corrected chi connectivity index (χ1v) is 11.5. The van der Waals surface area contributed by atoms with Gasteiger partial charge < -0.3 is 15.5 Å². The van der Waals surface area contributed by atoms with Crippen LogP contribution in [0, 0.1) is 0 Å². The fourth-order valence-electron chi connectivity index (χ4n) is 4.92. The minimum absolute atomic E-state index is 0.528. The Bertz CT molecular complexity index is 636. The van der Waals surface area contributed by atoms with Gasteiger partial charge in [0.05, 0.1) is 12.2 Å². The Hall–Kier alpha value is -1.56. The summed E-state index contributed by atoms with van der Waals surface area (Å²) in [4.78, 5) is 7.66. The smallest absolute Gasteiger partial charge is 0.191 e. The molecule has 2 N–H and O–H groups in total. The van der Waals surface area contributed by atoms with E-state index in [-0.39, 0.29) is 0 Å². The first-order valence-electron chi connectivity index (χ1n) is 11.5. The highest BCUT2D eigenvalue weighted by Gasteiger charge is 2.27. The molecule has 6 nitrogen and oxygen atoms in total. The fraction of sp³-hybridized carbons (Fsp3) is 0.818. The number of hydrogen-bond acceptors (Lipinski definition) is 3. The molecule has 6 heteroatoms. The summed E-state index contributed by atoms with van der Waals surface area (Å²) in [6.45, 7) is 10.6. The van der Waals surface area contributed by atoms with Crippen LogP contribution >= 0.6 is 0 Å². The maximum Gasteiger partial charge on any atom is 0.191 e. The largest absolute Gasteiger partial charge is 0.357 e. The van der Waals surface area contributed by atoms with E-state index in [1.807, 2.05) is 11.7 Å². The average Bonchev–Trinajstić information content (AvgIpc) is 3.34. The predicted octanol–water partition coefficient (Wildman–Crippen LogP) is 3.01. The van der Waals surface area contributed by atoms with E-state index < -0.39 is 0 Å². The lowest BCUT2D eigenvalue weighted by molar-refractivity contribution is 0.150. The summed E-state index contributed by atoms with van der Waals surface area (Å²) in [5.74, 6) is 0.953. The zero-order valence-electron chi connectivity index (χ0n) is 18.4. The Morgan fingerprint density at radius 2 is 1.79 bits per heavy atom. The molecule has 1 aliphatic carbocycles. The van der Waals surface area contributed by atoms with Crippen molar-refractivity contribution in [3.05, 3.63) is 17.0 Å². The minimum Gasteiger partial charge on any atom is -0.357 e. The van der Waals surface area contributed by atoms with Crippen molar-refractivity contribution < 1.29 is 0 Å². The molecule has 2 aliphatic rings. The molecule has 1 saturated carbocycles. The normalized spacial score (nSPS) is 20.1. The maximum absolute atomic E-state index is 4.93. The van der Waals surface area contributed by atoms with Gasteiger partial charge in [0.1, 0.15) is 0 Å². The summed E-state index contributed by atoms with van der Waals surface area (Å²) < 4.78 is 2.03. The van der Waals surface area contributed by atoms with Crippen LogP contribution in [0.3, 0.4) is 0 Å². The number of aliphatic imine (C=N–C) groups is 1. The van der Waals surface area contributed by atoms with Gasteiger partial charge in [-0.2, -0.15) is 5.10 Å². The topological polar surface area (TPSA) is 57.5 Å². The Morgan fingerprint density at radius 3 is 2.39 bits per heavy atom. The van der Waals surface area contributed by atoms with Crippen molar-refractivity contribution in [3.63, 3.8) is 0 Å². The van der Waals surface area contributed by atoms with Gasteiger partial charge in [0.2, 0.25) is 0 Å². The van der Waals surface area contributed by atoms with E-state index in [2.05, 4.69) is 41.4 Å². The first-order chi connectivity index (χ1) is 13.7. The monoisotopic (exact) mass is 388 g/mol. The number of hydrogen-bond donors (Lipinski definition) is 2. The zero-order valence-corrected chi connectivity index (χ0v) is 18.4. The van der Waals surface area contributed by atoms with Gasteiger partial charge in [-0.1, -0.05) is 26.7 Å². The number of aryl methyl sites for hydroxylation is 2. The molecule has 0 aromatic carbocycles. The molecule has 2 heterocycles. The van der Waals surface area contributed by atoms with Gasteiger partial charge in [0.15, 0.2) is 5.96 Å². The van der Waals surface area contributed by atoms with Gasteiger partial charge in [-0.3, -0.25) is 4.68 Å². The summed E-state index contributed by atoms with van der Waals surface area (Å²) in [6, 6.07) is 1.38. The SMILES string of the molecule is CCNC(=NCc1c(CC)nn(C)c1CC)NC1CCN(C2CCCC2)CC1. The molecule has 1 aromatic heterocycles. The molecule has 28 heavy (non-hydrogen) atoms. The van der Waals surface area contributed by atoms with E-state index in [9.17, 15) is 0 Å². The zero-order chi connectivity index (χ0) is 19.9. The average molecular weight is 389 g/mol. The fourth-order valence-corrected chi connectivity index (χ4v) is 4.92. The Kier molecular flexibility index (Phi) is 7.77. The van der Waals surface area contributed by atoms with Crippen LogP contribution in [-0.2, 0) is 26.4 Å². The van der Waals surface area contributed by atoms with Crippen molar-refractivity contribution in [2.45, 2.75) is 90.8 Å². The highest BCUT2D eigenvalue weighted by Crippen LogP contribution is 2.26. The number of piperidine rings is 1. The molecule has 0 atom stereocenters. The van der Waals surface area contributed by atoms with Crippen LogP contribution < -0.4 is 10.6 Å². The lowest BCUT2D eigenvalue weighted by atomic mass is 10.0. The summed E-state index contributed by atoms with van der Waals surface area (Å²) in [5, 5.41) is 11.8. The van der Waals surface area contributed by atoms with Crippen molar-refractivity contribution >= 4 is 5.96 Å². The lowest BCUT2D eigenvalue weighted by Crippen LogP contribution is -2.50. The Balaban J connectivity index is 1.59. The third-order valence-corrected chi connectivity index (χ3v) is 6.48. The second-order valence-corrected chi connectivity index (χ2v) is 8.29. The number of guanidine groups is 1. The maximum atomic E-state index is 4.93. The van der Waals surface area contributed by atoms with Gasteiger partial charge >= 0.3 is 0 Å². The molecule has 158 valence electrons. The van der Waals surface area contributed by atoms with Crippen molar-refractivity contribution in [1.29, 1.82) is 0 Å². The van der Waals surface area contributed by atoms with E-state index in [0.717, 1.165) is 31.4 Å². The van der Waals surface area contributed by atoms with Crippen LogP contribution in [0.4, 0.5) is 0 Å². The van der Waals surface area contributed by atoms with Crippen LogP contribution in [0.5, 0.6) is 0 Å². The molecule has 1 aromatic rings. The van der Waals surface area contributed by atoms with Gasteiger partial charge in [-0.15, -0.1) is 0 Å². The van der Waals surface area contributed by atoms with E-state index >= 15 is 0 Å². The third-order valence-electron chi connectivity index (χ3n) is 6.48. The van der Waals surface area contributed by atoms with Crippen molar-refractivity contribution in [1.82, 2.24) is 25.3 Å². The Labute approximate surface area is 171 Å². The molecule has 0 spiro atoms. The lowest BCUT2D eigenvalue weighted by Gasteiger charge is -2.36. The van der Waals surface area contributed by atoms with Crippen LogP contribution in [0.2, 0.25) is 0 Å². The summed E-state index contributed by atoms with van der Waals surface area (Å²) in [5.41, 5.74) is 3.80. The van der Waals surface area contributed by atoms with Gasteiger partial charge in [-0.05, 0) is 45.4 Å². The van der Waals surface area contributed by atoms with E-state index in [1.54, 1.807) is 0 Å². The van der Waals surface area contributed by atoms with Crippen LogP contribution in [0.15, 0.2) is 4.99 Å². The molecule has 2 fully saturated rings. The molecule has 3 rings (SSSR count). The highest BCUT2D eigenvalue weighted by atomic mass is 15.3. The molecule has 0 amide bonds. The van der Waals surface area contributed by atoms with Crippen molar-refractivity contribution in [2.24, 2.45) is 12.0 Å². The molecule has 0 bridgehead atoms. The highest BCUT2D eigenvalue weighted by molar-refractivity contribution is 5.80. The first kappa shape index (κ1) is 21.2. The quantitative estimate of drug-likeness (QED) is 0.557. The standard InChI is InChI=1S/C22H40N6/c1-5-20-19(21(6-2)27(4)26-20)16-24-22(23-7-3)25-17-12-14-28(15-13-17)18-10-8-9-11-18/h17-18H,5-16H2,1-4H3,(H2,23,24,25). The molecule has 1 aliphatic heterocycles. The molecule has 0 unspecified atom stereocenters. The van der Waals surface area contributed by atoms with Crippen LogP contribution in [0.25, 0.3) is 0 Å². The number of likely N-dealkylation sites (tertiary alicyclic amines) is 1. The van der Waals surface area contributed by atoms with E-state index in [1.165, 1.54) is 68.6 Å². The van der Waals surface area contributed by atoms with Crippen molar-refractivity contribution in [2.75, 3.05) is 19.6 Å². The molecule has 1 saturated heterocycles. The van der Waals surface area contributed by atoms with E-state index in [0.29, 0.717) is 12.6 Å². The second kappa shape index (κ2) is 10.3. The predicted molar refractivity (Wildman–Crippen MR) is 117 cm³/mol. The Morgan fingerprint density at radius 1 is 1.07 bits per heavy atom. The van der Waals surface area contributed by atoms with Crippen LogP contribution in [-0.4, -0.2) is 52.4 Å². The summed E-state index contributed by atoms with van der Waals surface area (Å²) >= 11 is 0. The van der Waals surface area contributed by atoms with Gasteiger partial charge in [0, 0.05) is 50.0 Å².